The summed E-state index contributed by atoms with van der Waals surface area (Å²) in [7, 11) is 0. The molecule has 130 valence electrons. The Hall–Kier alpha value is -3.24. The number of halogens is 4. The van der Waals surface area contributed by atoms with Crippen molar-refractivity contribution in [3.63, 3.8) is 0 Å². The van der Waals surface area contributed by atoms with Crippen molar-refractivity contribution >= 4 is 28.4 Å². The Bertz CT molecular complexity index is 935. The monoisotopic (exact) mass is 354 g/mol. The molecular weight excluding hydrogens is 344 g/mol. The number of alkyl halides is 3. The Morgan fingerprint density at radius 3 is 2.60 bits per heavy atom. The van der Waals surface area contributed by atoms with Crippen molar-refractivity contribution in [2.24, 2.45) is 5.73 Å². The lowest BCUT2D eigenvalue weighted by molar-refractivity contribution is -0.141. The molecule has 0 spiro atoms. The molecule has 0 aliphatic carbocycles. The van der Waals surface area contributed by atoms with Crippen LogP contribution >= 0.6 is 0 Å². The zero-order valence-corrected chi connectivity index (χ0v) is 12.4. The van der Waals surface area contributed by atoms with Gasteiger partial charge in [-0.3, -0.25) is 14.5 Å². The molecule has 0 aliphatic rings. The van der Waals surface area contributed by atoms with Crippen molar-refractivity contribution in [1.82, 2.24) is 19.7 Å². The van der Waals surface area contributed by atoms with Crippen LogP contribution in [-0.2, 0) is 6.54 Å². The number of nitrogens with two attached hydrogens (primary N) is 1. The second-order valence-corrected chi connectivity index (χ2v) is 5.06. The third-order valence-electron chi connectivity index (χ3n) is 3.19. The highest BCUT2D eigenvalue weighted by molar-refractivity contribution is 5.97. The fourth-order valence-corrected chi connectivity index (χ4v) is 2.16. The zero-order valence-electron chi connectivity index (χ0n) is 12.4. The summed E-state index contributed by atoms with van der Waals surface area (Å²) < 4.78 is 51.9. The molecule has 1 amide bonds. The summed E-state index contributed by atoms with van der Waals surface area (Å²) in [5, 5.41) is 6.77. The van der Waals surface area contributed by atoms with Crippen molar-refractivity contribution in [1.29, 1.82) is 0 Å². The molecule has 3 aromatic heterocycles. The van der Waals surface area contributed by atoms with Crippen LogP contribution < -0.4 is 11.1 Å². The number of amides is 1. The smallest absolute Gasteiger partial charge is 0.364 e. The highest BCUT2D eigenvalue weighted by atomic mass is 19.4. The molecule has 0 radical (unpaired) electrons. The largest absolute Gasteiger partial charge is 0.408 e. The van der Waals surface area contributed by atoms with E-state index in [1.165, 1.54) is 12.3 Å². The highest BCUT2D eigenvalue weighted by Crippen LogP contribution is 2.28. The van der Waals surface area contributed by atoms with Crippen LogP contribution in [0.1, 0.15) is 10.5 Å². The number of primary amides is 1. The highest BCUT2D eigenvalue weighted by Gasteiger charge is 2.30. The van der Waals surface area contributed by atoms with Crippen molar-refractivity contribution in [3.8, 4) is 0 Å². The van der Waals surface area contributed by atoms with Crippen molar-refractivity contribution in [3.05, 3.63) is 42.1 Å². The van der Waals surface area contributed by atoms with Crippen LogP contribution in [0.5, 0.6) is 0 Å². The SMILES string of the molecule is NC(=O)c1cc2c(cn1)c(Nc1ccc(F)cn1)nn2CC(F)(F)F. The van der Waals surface area contributed by atoms with Gasteiger partial charge >= 0.3 is 6.18 Å². The molecule has 11 heteroatoms. The van der Waals surface area contributed by atoms with E-state index in [4.69, 9.17) is 5.73 Å². The second kappa shape index (κ2) is 6.00. The van der Waals surface area contributed by atoms with Crippen LogP contribution in [0.3, 0.4) is 0 Å². The van der Waals surface area contributed by atoms with Gasteiger partial charge in [0.2, 0.25) is 0 Å². The van der Waals surface area contributed by atoms with Gasteiger partial charge in [0.15, 0.2) is 5.82 Å². The standard InChI is InChI=1S/C14H10F4N6O/c15-7-1-2-11(21-4-7)22-13-8-5-20-9(12(19)25)3-10(8)24(23-13)6-14(16,17)18/h1-5H,6H2,(H2,19,25)(H,21,22,23). The molecule has 0 atom stereocenters. The Balaban J connectivity index is 2.08. The predicted molar refractivity (Wildman–Crippen MR) is 79.6 cm³/mol. The van der Waals surface area contributed by atoms with Gasteiger partial charge in [0.1, 0.15) is 23.9 Å². The molecule has 0 unspecified atom stereocenters. The number of anilines is 2. The minimum atomic E-state index is -4.53. The van der Waals surface area contributed by atoms with Crippen LogP contribution in [-0.4, -0.2) is 31.8 Å². The number of rotatable bonds is 4. The summed E-state index contributed by atoms with van der Waals surface area (Å²) in [5.74, 6) is -1.23. The molecule has 0 saturated carbocycles. The first-order valence-electron chi connectivity index (χ1n) is 6.84. The Morgan fingerprint density at radius 2 is 2.00 bits per heavy atom. The van der Waals surface area contributed by atoms with Gasteiger partial charge in [-0.25, -0.2) is 9.37 Å². The second-order valence-electron chi connectivity index (χ2n) is 5.06. The van der Waals surface area contributed by atoms with Gasteiger partial charge in [-0.05, 0) is 18.2 Å². The molecule has 25 heavy (non-hydrogen) atoms. The number of pyridine rings is 2. The maximum absolute atomic E-state index is 12.9. The molecular formula is C14H10F4N6O. The lowest BCUT2D eigenvalue weighted by Crippen LogP contribution is -2.19. The van der Waals surface area contributed by atoms with E-state index in [9.17, 15) is 22.4 Å². The number of hydrogen-bond donors (Lipinski definition) is 2. The van der Waals surface area contributed by atoms with Gasteiger partial charge in [0, 0.05) is 6.20 Å². The van der Waals surface area contributed by atoms with Crippen molar-refractivity contribution in [2.75, 3.05) is 5.32 Å². The molecule has 3 N–H and O–H groups in total. The van der Waals surface area contributed by atoms with E-state index in [0.29, 0.717) is 4.68 Å². The van der Waals surface area contributed by atoms with E-state index >= 15 is 0 Å². The topological polar surface area (TPSA) is 98.7 Å². The van der Waals surface area contributed by atoms with Gasteiger partial charge in [0.05, 0.1) is 17.1 Å². The number of nitrogens with zero attached hydrogens (tertiary/aromatic N) is 4. The van der Waals surface area contributed by atoms with Crippen LogP contribution in [0.4, 0.5) is 29.2 Å². The van der Waals surface area contributed by atoms with E-state index in [2.05, 4.69) is 20.4 Å². The van der Waals surface area contributed by atoms with Gasteiger partial charge in [-0.15, -0.1) is 0 Å². The van der Waals surface area contributed by atoms with Gasteiger partial charge in [-0.1, -0.05) is 0 Å². The number of hydrogen-bond acceptors (Lipinski definition) is 5. The summed E-state index contributed by atoms with van der Waals surface area (Å²) in [6, 6.07) is 3.56. The van der Waals surface area contributed by atoms with Crippen LogP contribution in [0.2, 0.25) is 0 Å². The van der Waals surface area contributed by atoms with Crippen LogP contribution in [0.15, 0.2) is 30.6 Å². The Kier molecular flexibility index (Phi) is 3.99. The third kappa shape index (κ3) is 3.65. The maximum Gasteiger partial charge on any atom is 0.408 e. The lowest BCUT2D eigenvalue weighted by Gasteiger charge is -2.07. The number of carbonyl (C=O) groups excluding carboxylic acids is 1. The summed E-state index contributed by atoms with van der Waals surface area (Å²) in [5.41, 5.74) is 4.94. The molecule has 3 heterocycles. The first kappa shape index (κ1) is 16.6. The maximum atomic E-state index is 12.9. The average Bonchev–Trinajstić information content (AvgIpc) is 2.85. The van der Waals surface area contributed by atoms with E-state index in [1.807, 2.05) is 0 Å². The summed E-state index contributed by atoms with van der Waals surface area (Å²) >= 11 is 0. The molecule has 3 aromatic rings. The van der Waals surface area contributed by atoms with Gasteiger partial charge in [0.25, 0.3) is 5.91 Å². The number of carbonyl (C=O) groups is 1. The van der Waals surface area contributed by atoms with E-state index < -0.39 is 24.4 Å². The van der Waals surface area contributed by atoms with Crippen molar-refractivity contribution < 1.29 is 22.4 Å². The van der Waals surface area contributed by atoms with Crippen LogP contribution in [0.25, 0.3) is 10.9 Å². The Morgan fingerprint density at radius 1 is 1.24 bits per heavy atom. The van der Waals surface area contributed by atoms with Gasteiger partial charge in [-0.2, -0.15) is 18.3 Å². The molecule has 0 aromatic carbocycles. The van der Waals surface area contributed by atoms with Crippen molar-refractivity contribution in [2.45, 2.75) is 12.7 Å². The van der Waals surface area contributed by atoms with E-state index in [1.54, 1.807) is 0 Å². The fraction of sp³-hybridized carbons (Fsp3) is 0.143. The molecule has 0 bridgehead atoms. The number of aromatic nitrogens is 4. The van der Waals surface area contributed by atoms with E-state index in [0.717, 1.165) is 18.3 Å². The number of fused-ring (bicyclic) bond motifs is 1. The molecule has 0 fully saturated rings. The summed E-state index contributed by atoms with van der Waals surface area (Å²) in [6.07, 6.45) is -2.40. The molecule has 0 aliphatic heterocycles. The third-order valence-corrected chi connectivity index (χ3v) is 3.19. The van der Waals surface area contributed by atoms with Gasteiger partial charge < -0.3 is 11.1 Å². The average molecular weight is 354 g/mol. The first-order valence-corrected chi connectivity index (χ1v) is 6.84. The minimum absolute atomic E-state index is 0.0192. The zero-order chi connectivity index (χ0) is 18.2. The van der Waals surface area contributed by atoms with Crippen LogP contribution in [0, 0.1) is 5.82 Å². The molecule has 3 rings (SSSR count). The predicted octanol–water partition coefficient (Wildman–Crippen LogP) is 2.37. The fourth-order valence-electron chi connectivity index (χ4n) is 2.16. The quantitative estimate of drug-likeness (QED) is 0.701. The summed E-state index contributed by atoms with van der Waals surface area (Å²) in [4.78, 5) is 18.8. The number of nitrogens with one attached hydrogen (secondary N) is 1. The molecule has 7 nitrogen and oxygen atoms in total. The normalized spacial score (nSPS) is 11.7. The summed E-state index contributed by atoms with van der Waals surface area (Å²) in [6.45, 7) is -1.37. The van der Waals surface area contributed by atoms with E-state index in [-0.39, 0.29) is 28.2 Å². The first-order chi connectivity index (χ1) is 11.7. The Labute approximate surface area is 137 Å². The molecule has 0 saturated heterocycles. The lowest BCUT2D eigenvalue weighted by atomic mass is 10.2. The minimum Gasteiger partial charge on any atom is -0.364 e.